The molecule has 24 heavy (non-hydrogen) atoms. The zero-order valence-corrected chi connectivity index (χ0v) is 14.5. The molecule has 2 rings (SSSR count). The SMILES string of the molecule is CC(C)(C)Cc1nnc(NC(=O)C=Cc2ccccc2[N+](=O)[O-])s1. The van der Waals surface area contributed by atoms with Gasteiger partial charge in [0.05, 0.1) is 10.5 Å². The maximum Gasteiger partial charge on any atom is 0.276 e. The highest BCUT2D eigenvalue weighted by molar-refractivity contribution is 7.15. The van der Waals surface area contributed by atoms with Gasteiger partial charge in [0.25, 0.3) is 5.69 Å². The summed E-state index contributed by atoms with van der Waals surface area (Å²) in [6, 6.07) is 6.22. The van der Waals surface area contributed by atoms with E-state index in [4.69, 9.17) is 0 Å². The van der Waals surface area contributed by atoms with E-state index >= 15 is 0 Å². The number of carbonyl (C=O) groups excluding carboxylic acids is 1. The predicted octanol–water partition coefficient (Wildman–Crippen LogP) is 3.69. The minimum Gasteiger partial charge on any atom is -0.297 e. The van der Waals surface area contributed by atoms with Crippen LogP contribution < -0.4 is 5.32 Å². The lowest BCUT2D eigenvalue weighted by atomic mass is 9.93. The van der Waals surface area contributed by atoms with E-state index in [9.17, 15) is 14.9 Å². The highest BCUT2D eigenvalue weighted by Crippen LogP contribution is 2.25. The number of carbonyl (C=O) groups is 1. The van der Waals surface area contributed by atoms with Crippen LogP contribution in [-0.4, -0.2) is 21.0 Å². The smallest absolute Gasteiger partial charge is 0.276 e. The van der Waals surface area contributed by atoms with Crippen LogP contribution in [0.1, 0.15) is 31.3 Å². The predicted molar refractivity (Wildman–Crippen MR) is 93.8 cm³/mol. The fourth-order valence-electron chi connectivity index (χ4n) is 1.94. The number of nitro benzene ring substituents is 1. The Morgan fingerprint density at radius 2 is 2.04 bits per heavy atom. The number of hydrogen-bond acceptors (Lipinski definition) is 6. The summed E-state index contributed by atoms with van der Waals surface area (Å²) >= 11 is 1.32. The molecule has 0 bridgehead atoms. The molecule has 8 heteroatoms. The number of amides is 1. The number of hydrogen-bond donors (Lipinski definition) is 1. The van der Waals surface area contributed by atoms with Gasteiger partial charge in [0, 0.05) is 18.6 Å². The quantitative estimate of drug-likeness (QED) is 0.506. The van der Waals surface area contributed by atoms with Crippen molar-refractivity contribution >= 4 is 34.1 Å². The summed E-state index contributed by atoms with van der Waals surface area (Å²) in [4.78, 5) is 22.4. The monoisotopic (exact) mass is 346 g/mol. The van der Waals surface area contributed by atoms with Crippen LogP contribution in [0.5, 0.6) is 0 Å². The molecule has 1 heterocycles. The van der Waals surface area contributed by atoms with Gasteiger partial charge in [-0.15, -0.1) is 10.2 Å². The van der Waals surface area contributed by atoms with Crippen molar-refractivity contribution in [1.82, 2.24) is 10.2 Å². The highest BCUT2D eigenvalue weighted by Gasteiger charge is 2.15. The van der Waals surface area contributed by atoms with Gasteiger partial charge in [0.2, 0.25) is 11.0 Å². The number of benzene rings is 1. The van der Waals surface area contributed by atoms with Gasteiger partial charge in [-0.2, -0.15) is 0 Å². The number of nitrogens with zero attached hydrogens (tertiary/aromatic N) is 3. The Bertz CT molecular complexity index is 778. The highest BCUT2D eigenvalue weighted by atomic mass is 32.1. The van der Waals surface area contributed by atoms with E-state index in [2.05, 4.69) is 36.3 Å². The first kappa shape index (κ1) is 17.7. The van der Waals surface area contributed by atoms with Crippen molar-refractivity contribution < 1.29 is 9.72 Å². The van der Waals surface area contributed by atoms with Crippen molar-refractivity contribution in [3.63, 3.8) is 0 Å². The molecular weight excluding hydrogens is 328 g/mol. The summed E-state index contributed by atoms with van der Waals surface area (Å²) in [6.07, 6.45) is 3.42. The topological polar surface area (TPSA) is 98.0 Å². The molecule has 1 aromatic carbocycles. The summed E-state index contributed by atoms with van der Waals surface area (Å²) in [5.74, 6) is -0.411. The molecule has 1 amide bonds. The average Bonchev–Trinajstić information content (AvgIpc) is 2.90. The second-order valence-electron chi connectivity index (χ2n) is 6.38. The second-order valence-corrected chi connectivity index (χ2v) is 7.44. The molecule has 0 fully saturated rings. The number of anilines is 1. The Morgan fingerprint density at radius 3 is 2.71 bits per heavy atom. The zero-order chi connectivity index (χ0) is 17.7. The normalized spacial score (nSPS) is 11.6. The lowest BCUT2D eigenvalue weighted by molar-refractivity contribution is -0.385. The Labute approximate surface area is 143 Å². The van der Waals surface area contributed by atoms with Gasteiger partial charge >= 0.3 is 0 Å². The molecule has 0 aliphatic carbocycles. The molecule has 0 aliphatic heterocycles. The van der Waals surface area contributed by atoms with Crippen LogP contribution in [-0.2, 0) is 11.2 Å². The second kappa shape index (κ2) is 7.31. The number of nitro groups is 1. The van der Waals surface area contributed by atoms with E-state index in [0.717, 1.165) is 11.4 Å². The van der Waals surface area contributed by atoms with Crippen LogP contribution in [0.3, 0.4) is 0 Å². The zero-order valence-electron chi connectivity index (χ0n) is 13.6. The van der Waals surface area contributed by atoms with Crippen LogP contribution >= 0.6 is 11.3 Å². The van der Waals surface area contributed by atoms with Crippen molar-refractivity contribution in [1.29, 1.82) is 0 Å². The third-order valence-electron chi connectivity index (χ3n) is 2.93. The van der Waals surface area contributed by atoms with Crippen molar-refractivity contribution in [3.05, 3.63) is 51.0 Å². The lowest BCUT2D eigenvalue weighted by Gasteiger charge is -2.14. The number of rotatable bonds is 5. The van der Waals surface area contributed by atoms with Crippen LogP contribution in [0.15, 0.2) is 30.3 Å². The van der Waals surface area contributed by atoms with Gasteiger partial charge in [-0.25, -0.2) is 0 Å². The summed E-state index contributed by atoms with van der Waals surface area (Å²) in [5, 5.41) is 22.8. The van der Waals surface area contributed by atoms with E-state index in [0.29, 0.717) is 10.7 Å². The third kappa shape index (κ3) is 5.24. The van der Waals surface area contributed by atoms with Crippen molar-refractivity contribution in [3.8, 4) is 0 Å². The molecule has 7 nitrogen and oxygen atoms in total. The van der Waals surface area contributed by atoms with Crippen LogP contribution in [0, 0.1) is 15.5 Å². The molecule has 0 aliphatic rings. The Kier molecular flexibility index (Phi) is 5.40. The lowest BCUT2D eigenvalue weighted by Crippen LogP contribution is -2.08. The van der Waals surface area contributed by atoms with Gasteiger partial charge in [0.1, 0.15) is 5.01 Å². The van der Waals surface area contributed by atoms with Gasteiger partial charge in [-0.3, -0.25) is 20.2 Å². The Morgan fingerprint density at radius 1 is 1.33 bits per heavy atom. The molecule has 0 saturated carbocycles. The summed E-state index contributed by atoms with van der Waals surface area (Å²) in [7, 11) is 0. The summed E-state index contributed by atoms with van der Waals surface area (Å²) < 4.78 is 0. The fraction of sp³-hybridized carbons (Fsp3) is 0.312. The first-order chi connectivity index (χ1) is 11.2. The average molecular weight is 346 g/mol. The first-order valence-electron chi connectivity index (χ1n) is 7.29. The minimum absolute atomic E-state index is 0.0510. The number of para-hydroxylation sites is 1. The van der Waals surface area contributed by atoms with Crippen molar-refractivity contribution in [2.75, 3.05) is 5.32 Å². The van der Waals surface area contributed by atoms with Gasteiger partial charge in [-0.1, -0.05) is 44.2 Å². The van der Waals surface area contributed by atoms with Crippen molar-refractivity contribution in [2.24, 2.45) is 5.41 Å². The molecule has 1 N–H and O–H groups in total. The van der Waals surface area contributed by atoms with Crippen LogP contribution in [0.2, 0.25) is 0 Å². The fourth-order valence-corrected chi connectivity index (χ4v) is 2.98. The molecule has 0 radical (unpaired) electrons. The van der Waals surface area contributed by atoms with Crippen LogP contribution in [0.25, 0.3) is 6.08 Å². The number of nitrogens with one attached hydrogen (secondary N) is 1. The van der Waals surface area contributed by atoms with Gasteiger partial charge in [-0.05, 0) is 17.6 Å². The Hall–Kier alpha value is -2.61. The summed E-state index contributed by atoms with van der Waals surface area (Å²) in [6.45, 7) is 6.30. The minimum atomic E-state index is -0.485. The van der Waals surface area contributed by atoms with Crippen LogP contribution in [0.4, 0.5) is 10.8 Å². The molecular formula is C16H18N4O3S. The van der Waals surface area contributed by atoms with E-state index in [1.807, 2.05) is 0 Å². The third-order valence-corrected chi connectivity index (χ3v) is 3.76. The van der Waals surface area contributed by atoms with Crippen molar-refractivity contribution in [2.45, 2.75) is 27.2 Å². The van der Waals surface area contributed by atoms with Gasteiger partial charge < -0.3 is 0 Å². The van der Waals surface area contributed by atoms with E-state index in [1.54, 1.807) is 18.2 Å². The molecule has 2 aromatic rings. The Balaban J connectivity index is 2.02. The molecule has 0 saturated heterocycles. The molecule has 1 aromatic heterocycles. The van der Waals surface area contributed by atoms with E-state index in [1.165, 1.54) is 29.6 Å². The van der Waals surface area contributed by atoms with Gasteiger partial charge in [0.15, 0.2) is 0 Å². The molecule has 0 atom stereocenters. The molecule has 126 valence electrons. The standard InChI is InChI=1S/C16H18N4O3S/c1-16(2,3)10-14-18-19-15(24-14)17-13(21)9-8-11-6-4-5-7-12(11)20(22)23/h4-9H,10H2,1-3H3,(H,17,19,21). The van der Waals surface area contributed by atoms with E-state index in [-0.39, 0.29) is 11.1 Å². The summed E-state index contributed by atoms with van der Waals surface area (Å²) in [5.41, 5.74) is 0.403. The first-order valence-corrected chi connectivity index (χ1v) is 8.11. The number of aromatic nitrogens is 2. The largest absolute Gasteiger partial charge is 0.297 e. The molecule has 0 spiro atoms. The maximum atomic E-state index is 11.9. The maximum absolute atomic E-state index is 11.9. The molecule has 0 unspecified atom stereocenters. The van der Waals surface area contributed by atoms with E-state index < -0.39 is 10.8 Å².